The smallest absolute Gasteiger partial charge is 0.310 e. The number of benzene rings is 2. The molecule has 196 valence electrons. The Bertz CT molecular complexity index is 1080. The number of likely N-dealkylation sites (tertiary alicyclic amines) is 1. The number of esters is 1. The van der Waals surface area contributed by atoms with Crippen molar-refractivity contribution in [3.05, 3.63) is 83.9 Å². The normalized spacial score (nSPS) is 33.0. The van der Waals surface area contributed by atoms with Gasteiger partial charge in [0.05, 0.1) is 5.92 Å². The summed E-state index contributed by atoms with van der Waals surface area (Å²) in [5.74, 6) is 0.927. The second-order valence-corrected chi connectivity index (χ2v) is 12.5. The summed E-state index contributed by atoms with van der Waals surface area (Å²) in [4.78, 5) is 15.5. The average Bonchev–Trinajstić information content (AvgIpc) is 3.21. The zero-order chi connectivity index (χ0) is 25.6. The Hall–Kier alpha value is -2.43. The molecule has 2 saturated carbocycles. The van der Waals surface area contributed by atoms with Gasteiger partial charge in [-0.1, -0.05) is 79.7 Å². The summed E-state index contributed by atoms with van der Waals surface area (Å²) in [5.41, 5.74) is 2.54. The molecule has 37 heavy (non-hydrogen) atoms. The number of hydrogen-bond acceptors (Lipinski definition) is 4. The van der Waals surface area contributed by atoms with E-state index in [1.807, 2.05) is 60.7 Å². The van der Waals surface area contributed by atoms with Gasteiger partial charge in [0.2, 0.25) is 0 Å². The average molecular weight is 500 g/mol. The number of carbonyl (C=O) groups is 1. The van der Waals surface area contributed by atoms with Crippen molar-refractivity contribution in [2.45, 2.75) is 63.6 Å². The maximum atomic E-state index is 13.1. The van der Waals surface area contributed by atoms with Crippen LogP contribution < -0.4 is 0 Å². The van der Waals surface area contributed by atoms with Crippen LogP contribution in [0.4, 0.5) is 0 Å². The summed E-state index contributed by atoms with van der Waals surface area (Å²) in [6, 6.07) is 20.2. The summed E-state index contributed by atoms with van der Waals surface area (Å²) < 4.78 is 6.02. The lowest BCUT2D eigenvalue weighted by atomic mass is 9.55. The largest absolute Gasteiger partial charge is 0.462 e. The van der Waals surface area contributed by atoms with Gasteiger partial charge in [-0.3, -0.25) is 4.79 Å². The van der Waals surface area contributed by atoms with Crippen LogP contribution in [0.5, 0.6) is 0 Å². The predicted octanol–water partition coefficient (Wildman–Crippen LogP) is 5.95. The van der Waals surface area contributed by atoms with Gasteiger partial charge in [0.25, 0.3) is 0 Å². The van der Waals surface area contributed by atoms with E-state index in [9.17, 15) is 9.90 Å². The Balaban J connectivity index is 1.15. The SMILES string of the molecule is C=C1CCC[C@]2(C)C[C@H]3OC(=O)[C@@H](CN4CCC(C(O)(c5ccccc5)c5ccccc5)CC4)[C@H]3C[C@@H]12. The van der Waals surface area contributed by atoms with E-state index in [0.717, 1.165) is 62.9 Å². The van der Waals surface area contributed by atoms with Crippen LogP contribution in [-0.2, 0) is 15.1 Å². The first kappa shape index (κ1) is 24.9. The van der Waals surface area contributed by atoms with Gasteiger partial charge < -0.3 is 14.7 Å². The van der Waals surface area contributed by atoms with Crippen LogP contribution in [0.2, 0.25) is 0 Å². The van der Waals surface area contributed by atoms with Gasteiger partial charge in [0.15, 0.2) is 0 Å². The van der Waals surface area contributed by atoms with Crippen molar-refractivity contribution in [3.8, 4) is 0 Å². The monoisotopic (exact) mass is 499 g/mol. The number of nitrogens with zero attached hydrogens (tertiary/aromatic N) is 1. The van der Waals surface area contributed by atoms with Crippen LogP contribution in [0.25, 0.3) is 0 Å². The quantitative estimate of drug-likeness (QED) is 0.408. The van der Waals surface area contributed by atoms with E-state index < -0.39 is 5.60 Å². The number of hydrogen-bond donors (Lipinski definition) is 1. The van der Waals surface area contributed by atoms with Crippen LogP contribution in [0.1, 0.15) is 63.0 Å². The third-order valence-corrected chi connectivity index (χ3v) is 10.4. The standard InChI is InChI=1S/C33H41NO3/c1-23-10-9-17-32(2)21-30-27(20-29(23)32)28(31(35)37-30)22-34-18-15-26(16-19-34)33(36,24-11-5-3-6-12-24)25-13-7-4-8-14-25/h3-8,11-14,26-30,36H,1,9-10,15-22H2,2H3/t27-,28+,29+,30-,32-/m1/s1. The molecular formula is C33H41NO3. The van der Waals surface area contributed by atoms with Crippen molar-refractivity contribution in [2.75, 3.05) is 19.6 Å². The van der Waals surface area contributed by atoms with Crippen molar-refractivity contribution < 1.29 is 14.6 Å². The summed E-state index contributed by atoms with van der Waals surface area (Å²) in [7, 11) is 0. The molecule has 0 unspecified atom stereocenters. The van der Waals surface area contributed by atoms with Gasteiger partial charge in [-0.25, -0.2) is 0 Å². The highest BCUT2D eigenvalue weighted by molar-refractivity contribution is 5.75. The lowest BCUT2D eigenvalue weighted by molar-refractivity contribution is -0.146. The van der Waals surface area contributed by atoms with Gasteiger partial charge in [0.1, 0.15) is 11.7 Å². The first-order chi connectivity index (χ1) is 17.9. The molecule has 4 aliphatic rings. The van der Waals surface area contributed by atoms with Crippen LogP contribution in [0.15, 0.2) is 72.8 Å². The zero-order valence-corrected chi connectivity index (χ0v) is 22.1. The van der Waals surface area contributed by atoms with Crippen LogP contribution >= 0.6 is 0 Å². The summed E-state index contributed by atoms with van der Waals surface area (Å²) in [6.07, 6.45) is 7.48. The molecule has 4 heteroatoms. The molecule has 4 nitrogen and oxygen atoms in total. The van der Waals surface area contributed by atoms with E-state index in [-0.39, 0.29) is 29.3 Å². The van der Waals surface area contributed by atoms with Crippen LogP contribution in [-0.4, -0.2) is 41.7 Å². The maximum Gasteiger partial charge on any atom is 0.310 e. The van der Waals surface area contributed by atoms with Gasteiger partial charge in [-0.15, -0.1) is 0 Å². The van der Waals surface area contributed by atoms with Crippen molar-refractivity contribution >= 4 is 5.97 Å². The minimum absolute atomic E-state index is 0.00931. The molecule has 2 heterocycles. The van der Waals surface area contributed by atoms with Crippen molar-refractivity contribution in [1.29, 1.82) is 0 Å². The second-order valence-electron chi connectivity index (χ2n) is 12.5. The summed E-state index contributed by atoms with van der Waals surface area (Å²) in [5, 5.41) is 12.2. The van der Waals surface area contributed by atoms with Gasteiger partial charge in [0, 0.05) is 12.5 Å². The topological polar surface area (TPSA) is 49.8 Å². The third kappa shape index (κ3) is 4.36. The van der Waals surface area contributed by atoms with E-state index >= 15 is 0 Å². The first-order valence-electron chi connectivity index (χ1n) is 14.3. The minimum atomic E-state index is -1.01. The molecule has 2 saturated heterocycles. The van der Waals surface area contributed by atoms with Crippen molar-refractivity contribution in [3.63, 3.8) is 0 Å². The number of fused-ring (bicyclic) bond motifs is 2. The lowest BCUT2D eigenvalue weighted by Gasteiger charge is -2.50. The minimum Gasteiger partial charge on any atom is -0.462 e. The molecular weight excluding hydrogens is 458 g/mol. The first-order valence-corrected chi connectivity index (χ1v) is 14.3. The highest BCUT2D eigenvalue weighted by Crippen LogP contribution is 2.57. The summed E-state index contributed by atoms with van der Waals surface area (Å²) >= 11 is 0. The Morgan fingerprint density at radius 2 is 1.68 bits per heavy atom. The Labute approximate surface area is 221 Å². The maximum absolute atomic E-state index is 13.1. The van der Waals surface area contributed by atoms with Crippen LogP contribution in [0.3, 0.4) is 0 Å². The number of carbonyl (C=O) groups excluding carboxylic acids is 1. The Morgan fingerprint density at radius 1 is 1.05 bits per heavy atom. The fraction of sp³-hybridized carbons (Fsp3) is 0.545. The molecule has 0 spiro atoms. The number of rotatable bonds is 5. The lowest BCUT2D eigenvalue weighted by Crippen LogP contribution is -2.48. The van der Waals surface area contributed by atoms with Crippen molar-refractivity contribution in [1.82, 2.24) is 4.90 Å². The Morgan fingerprint density at radius 3 is 2.30 bits per heavy atom. The number of ether oxygens (including phenoxy) is 1. The molecule has 0 aromatic heterocycles. The molecule has 2 aromatic carbocycles. The van der Waals surface area contributed by atoms with Gasteiger partial charge in [-0.2, -0.15) is 0 Å². The molecule has 0 radical (unpaired) electrons. The predicted molar refractivity (Wildman–Crippen MR) is 146 cm³/mol. The molecule has 2 aromatic rings. The van der Waals surface area contributed by atoms with E-state index in [1.165, 1.54) is 18.4 Å². The molecule has 1 N–H and O–H groups in total. The van der Waals surface area contributed by atoms with Crippen molar-refractivity contribution in [2.24, 2.45) is 29.1 Å². The molecule has 5 atom stereocenters. The fourth-order valence-electron chi connectivity index (χ4n) is 8.30. The molecule has 0 amide bonds. The highest BCUT2D eigenvalue weighted by atomic mass is 16.6. The van der Waals surface area contributed by atoms with Gasteiger partial charge >= 0.3 is 5.97 Å². The number of aliphatic hydroxyl groups is 1. The molecule has 2 aliphatic heterocycles. The molecule has 6 rings (SSSR count). The summed E-state index contributed by atoms with van der Waals surface area (Å²) in [6.45, 7) is 9.39. The van der Waals surface area contributed by atoms with E-state index in [0.29, 0.717) is 11.8 Å². The van der Waals surface area contributed by atoms with E-state index in [4.69, 9.17) is 4.74 Å². The molecule has 0 bridgehead atoms. The van der Waals surface area contributed by atoms with E-state index in [1.54, 1.807) is 0 Å². The fourth-order valence-corrected chi connectivity index (χ4v) is 8.30. The third-order valence-electron chi connectivity index (χ3n) is 10.4. The number of piperidine rings is 1. The molecule has 2 aliphatic carbocycles. The van der Waals surface area contributed by atoms with Gasteiger partial charge in [-0.05, 0) is 86.4 Å². The highest BCUT2D eigenvalue weighted by Gasteiger charge is 2.55. The van der Waals surface area contributed by atoms with Crippen LogP contribution in [0, 0.1) is 29.1 Å². The van der Waals surface area contributed by atoms with E-state index in [2.05, 4.69) is 18.4 Å². The molecule has 4 fully saturated rings. The zero-order valence-electron chi connectivity index (χ0n) is 22.1. The number of allylic oxidation sites excluding steroid dienone is 1. The second kappa shape index (κ2) is 9.71. The Kier molecular flexibility index (Phi) is 6.53.